The number of carboxylic acid groups (broad SMARTS) is 1. The lowest BCUT2D eigenvalue weighted by Crippen LogP contribution is -2.48. The molecule has 1 aromatic carbocycles. The molecule has 4 nitrogen and oxygen atoms in total. The molecule has 3 rings (SSSR count). The van der Waals surface area contributed by atoms with Gasteiger partial charge in [0.1, 0.15) is 0 Å². The minimum Gasteiger partial charge on any atom is -0.481 e. The standard InChI is InChI=1S/C18H23NO3/c1-18(17(21)22)9-4-10-19(12-18)16(20)15-8-7-13-5-2-3-6-14(13)11-15/h7-8,11H,2-6,9-10,12H2,1H3,(H,21,22). The Hall–Kier alpha value is -1.84. The van der Waals surface area contributed by atoms with E-state index in [1.165, 1.54) is 24.0 Å². The first-order valence-corrected chi connectivity index (χ1v) is 8.14. The van der Waals surface area contributed by atoms with Crippen LogP contribution in [0.5, 0.6) is 0 Å². The quantitative estimate of drug-likeness (QED) is 0.913. The topological polar surface area (TPSA) is 57.6 Å². The fraction of sp³-hybridized carbons (Fsp3) is 0.556. The predicted octanol–water partition coefficient (Wildman–Crippen LogP) is 2.89. The van der Waals surface area contributed by atoms with Gasteiger partial charge in [-0.15, -0.1) is 0 Å². The van der Waals surface area contributed by atoms with Crippen molar-refractivity contribution in [2.45, 2.75) is 45.4 Å². The molecule has 1 aromatic rings. The molecule has 1 N–H and O–H groups in total. The highest BCUT2D eigenvalue weighted by Gasteiger charge is 2.39. The summed E-state index contributed by atoms with van der Waals surface area (Å²) < 4.78 is 0. The molecule has 1 unspecified atom stereocenters. The van der Waals surface area contributed by atoms with Crippen LogP contribution in [0.25, 0.3) is 0 Å². The third-order valence-corrected chi connectivity index (χ3v) is 5.10. The monoisotopic (exact) mass is 301 g/mol. The molecule has 1 saturated heterocycles. The van der Waals surface area contributed by atoms with E-state index < -0.39 is 11.4 Å². The molecule has 118 valence electrons. The van der Waals surface area contributed by atoms with E-state index in [0.29, 0.717) is 25.1 Å². The summed E-state index contributed by atoms with van der Waals surface area (Å²) in [5.41, 5.74) is 2.53. The average molecular weight is 301 g/mol. The normalized spacial score (nSPS) is 24.7. The lowest BCUT2D eigenvalue weighted by atomic mass is 9.81. The van der Waals surface area contributed by atoms with Crippen molar-refractivity contribution in [1.82, 2.24) is 4.90 Å². The van der Waals surface area contributed by atoms with Crippen molar-refractivity contribution in [2.24, 2.45) is 5.41 Å². The van der Waals surface area contributed by atoms with Crippen molar-refractivity contribution in [2.75, 3.05) is 13.1 Å². The van der Waals surface area contributed by atoms with Crippen LogP contribution in [0.1, 0.15) is 54.1 Å². The Labute approximate surface area is 131 Å². The number of piperidine rings is 1. The fourth-order valence-corrected chi connectivity index (χ4v) is 3.64. The molecule has 0 saturated carbocycles. The summed E-state index contributed by atoms with van der Waals surface area (Å²) in [6.45, 7) is 2.69. The van der Waals surface area contributed by atoms with Crippen molar-refractivity contribution in [3.8, 4) is 0 Å². The number of hydrogen-bond donors (Lipinski definition) is 1. The van der Waals surface area contributed by atoms with Crippen LogP contribution in [-0.2, 0) is 17.6 Å². The Bertz CT molecular complexity index is 610. The highest BCUT2D eigenvalue weighted by atomic mass is 16.4. The third-order valence-electron chi connectivity index (χ3n) is 5.10. The van der Waals surface area contributed by atoms with Crippen molar-refractivity contribution in [1.29, 1.82) is 0 Å². The van der Waals surface area contributed by atoms with Gasteiger partial charge in [0.05, 0.1) is 5.41 Å². The number of aryl methyl sites for hydroxylation is 2. The van der Waals surface area contributed by atoms with Gasteiger partial charge in [-0.3, -0.25) is 9.59 Å². The maximum Gasteiger partial charge on any atom is 0.311 e. The largest absolute Gasteiger partial charge is 0.481 e. The molecule has 0 bridgehead atoms. The zero-order valence-corrected chi connectivity index (χ0v) is 13.1. The molecular weight excluding hydrogens is 278 g/mol. The number of aliphatic carboxylic acids is 1. The predicted molar refractivity (Wildman–Crippen MR) is 84.0 cm³/mol. The van der Waals surface area contributed by atoms with Crippen LogP contribution in [-0.4, -0.2) is 35.0 Å². The van der Waals surface area contributed by atoms with E-state index in [1.54, 1.807) is 11.8 Å². The highest BCUT2D eigenvalue weighted by Crippen LogP contribution is 2.31. The van der Waals surface area contributed by atoms with Gasteiger partial charge in [0.2, 0.25) is 0 Å². The van der Waals surface area contributed by atoms with Crippen molar-refractivity contribution < 1.29 is 14.7 Å². The van der Waals surface area contributed by atoms with E-state index in [9.17, 15) is 14.7 Å². The molecule has 2 aliphatic rings. The Morgan fingerprint density at radius 2 is 1.86 bits per heavy atom. The van der Waals surface area contributed by atoms with Gasteiger partial charge in [0, 0.05) is 18.7 Å². The summed E-state index contributed by atoms with van der Waals surface area (Å²) in [5, 5.41) is 9.39. The Balaban J connectivity index is 1.80. The number of likely N-dealkylation sites (tertiary alicyclic amines) is 1. The first kappa shape index (κ1) is 15.1. The smallest absolute Gasteiger partial charge is 0.311 e. The summed E-state index contributed by atoms with van der Waals surface area (Å²) >= 11 is 0. The molecule has 0 spiro atoms. The van der Waals surface area contributed by atoms with Gasteiger partial charge in [0.25, 0.3) is 5.91 Å². The van der Waals surface area contributed by atoms with E-state index in [1.807, 2.05) is 12.1 Å². The molecule has 4 heteroatoms. The van der Waals surface area contributed by atoms with E-state index in [4.69, 9.17) is 0 Å². The summed E-state index contributed by atoms with van der Waals surface area (Å²) in [5.74, 6) is -0.837. The number of carbonyl (C=O) groups is 2. The summed E-state index contributed by atoms with van der Waals surface area (Å²) in [4.78, 5) is 25.9. The molecule has 1 aliphatic heterocycles. The summed E-state index contributed by atoms with van der Waals surface area (Å²) in [6.07, 6.45) is 5.94. The average Bonchev–Trinajstić information content (AvgIpc) is 2.53. The van der Waals surface area contributed by atoms with Crippen LogP contribution in [0.2, 0.25) is 0 Å². The Kier molecular flexibility index (Phi) is 3.94. The van der Waals surface area contributed by atoms with Crippen molar-refractivity contribution in [3.05, 3.63) is 34.9 Å². The number of amides is 1. The number of carboxylic acids is 1. The number of hydrogen-bond acceptors (Lipinski definition) is 2. The Morgan fingerprint density at radius 1 is 1.14 bits per heavy atom. The van der Waals surface area contributed by atoms with Crippen LogP contribution in [0, 0.1) is 5.41 Å². The van der Waals surface area contributed by atoms with Gasteiger partial charge < -0.3 is 10.0 Å². The van der Waals surface area contributed by atoms with Gasteiger partial charge in [0.15, 0.2) is 0 Å². The van der Waals surface area contributed by atoms with Crippen LogP contribution >= 0.6 is 0 Å². The fourth-order valence-electron chi connectivity index (χ4n) is 3.64. The molecule has 0 aromatic heterocycles. The van der Waals surface area contributed by atoms with E-state index in [-0.39, 0.29) is 5.91 Å². The van der Waals surface area contributed by atoms with Crippen LogP contribution in [0.3, 0.4) is 0 Å². The van der Waals surface area contributed by atoms with E-state index in [2.05, 4.69) is 6.07 Å². The molecule has 22 heavy (non-hydrogen) atoms. The first-order valence-electron chi connectivity index (χ1n) is 8.14. The van der Waals surface area contributed by atoms with Crippen molar-refractivity contribution in [3.63, 3.8) is 0 Å². The second kappa shape index (κ2) is 5.75. The molecule has 1 amide bonds. The number of benzene rings is 1. The SMILES string of the molecule is CC1(C(=O)O)CCCN(C(=O)c2ccc3c(c2)CCCC3)C1. The molecule has 1 aliphatic carbocycles. The second-order valence-corrected chi connectivity index (χ2v) is 6.89. The highest BCUT2D eigenvalue weighted by molar-refractivity contribution is 5.95. The Morgan fingerprint density at radius 3 is 2.59 bits per heavy atom. The van der Waals surface area contributed by atoms with Gasteiger partial charge in [-0.1, -0.05) is 6.07 Å². The van der Waals surface area contributed by atoms with Gasteiger partial charge in [-0.25, -0.2) is 0 Å². The summed E-state index contributed by atoms with van der Waals surface area (Å²) in [7, 11) is 0. The number of rotatable bonds is 2. The van der Waals surface area contributed by atoms with Gasteiger partial charge in [-0.2, -0.15) is 0 Å². The van der Waals surface area contributed by atoms with E-state index >= 15 is 0 Å². The van der Waals surface area contributed by atoms with Crippen molar-refractivity contribution >= 4 is 11.9 Å². The maximum atomic E-state index is 12.7. The molecule has 1 heterocycles. The molecule has 1 atom stereocenters. The summed E-state index contributed by atoms with van der Waals surface area (Å²) in [6, 6.07) is 5.99. The third kappa shape index (κ3) is 2.74. The minimum absolute atomic E-state index is 0.0273. The van der Waals surface area contributed by atoms with Gasteiger partial charge in [-0.05, 0) is 68.7 Å². The lowest BCUT2D eigenvalue weighted by Gasteiger charge is -2.37. The maximum absolute atomic E-state index is 12.7. The second-order valence-electron chi connectivity index (χ2n) is 6.89. The van der Waals surface area contributed by atoms with E-state index in [0.717, 1.165) is 19.3 Å². The molecule has 1 fully saturated rings. The number of carbonyl (C=O) groups excluding carboxylic acids is 1. The molecular formula is C18H23NO3. The number of fused-ring (bicyclic) bond motifs is 1. The van der Waals surface area contributed by atoms with Crippen LogP contribution in [0.4, 0.5) is 0 Å². The minimum atomic E-state index is -0.817. The van der Waals surface area contributed by atoms with Crippen LogP contribution in [0.15, 0.2) is 18.2 Å². The first-order chi connectivity index (χ1) is 10.5. The zero-order chi connectivity index (χ0) is 15.7. The van der Waals surface area contributed by atoms with Crippen LogP contribution < -0.4 is 0 Å². The molecule has 0 radical (unpaired) electrons. The van der Waals surface area contributed by atoms with Gasteiger partial charge >= 0.3 is 5.97 Å². The number of nitrogens with zero attached hydrogens (tertiary/aromatic N) is 1. The lowest BCUT2D eigenvalue weighted by molar-refractivity contribution is -0.150. The zero-order valence-electron chi connectivity index (χ0n) is 13.1.